The van der Waals surface area contributed by atoms with Crippen LogP contribution < -0.4 is 9.47 Å². The fourth-order valence-electron chi connectivity index (χ4n) is 2.07. The Labute approximate surface area is 139 Å². The Balaban J connectivity index is 2.31. The molecular formula is C16H20BrNO4. The van der Waals surface area contributed by atoms with Gasteiger partial charge in [-0.05, 0) is 34.1 Å². The van der Waals surface area contributed by atoms with Crippen molar-refractivity contribution < 1.29 is 19.0 Å². The van der Waals surface area contributed by atoms with Crippen molar-refractivity contribution in [3.63, 3.8) is 0 Å². The van der Waals surface area contributed by atoms with Crippen molar-refractivity contribution in [2.75, 3.05) is 40.5 Å². The summed E-state index contributed by atoms with van der Waals surface area (Å²) in [6.45, 7) is 6.52. The normalized spacial score (nSPS) is 16.2. The molecule has 0 radical (unpaired) electrons. The molecule has 0 amide bonds. The van der Waals surface area contributed by atoms with E-state index >= 15 is 0 Å². The van der Waals surface area contributed by atoms with Crippen LogP contribution in [0.4, 0.5) is 0 Å². The lowest BCUT2D eigenvalue weighted by Gasteiger charge is -2.27. The molecule has 0 unspecified atom stereocenters. The zero-order valence-corrected chi connectivity index (χ0v) is 14.4. The van der Waals surface area contributed by atoms with E-state index in [1.807, 2.05) is 23.3 Å². The van der Waals surface area contributed by atoms with Gasteiger partial charge in [0, 0.05) is 5.56 Å². The monoisotopic (exact) mass is 369 g/mol. The summed E-state index contributed by atoms with van der Waals surface area (Å²) >= 11 is 3.47. The van der Waals surface area contributed by atoms with Gasteiger partial charge in [-0.15, -0.1) is 5.06 Å². The van der Waals surface area contributed by atoms with Crippen LogP contribution in [0.1, 0.15) is 5.56 Å². The van der Waals surface area contributed by atoms with Gasteiger partial charge < -0.3 is 19.0 Å². The number of methoxy groups -OCH3 is 2. The molecule has 0 aromatic heterocycles. The number of halogens is 1. The predicted molar refractivity (Wildman–Crippen MR) is 88.9 cm³/mol. The van der Waals surface area contributed by atoms with Crippen LogP contribution in [0.25, 0.3) is 5.76 Å². The van der Waals surface area contributed by atoms with Gasteiger partial charge in [0.25, 0.3) is 0 Å². The highest BCUT2D eigenvalue weighted by Crippen LogP contribution is 2.38. The van der Waals surface area contributed by atoms with Crippen molar-refractivity contribution in [2.45, 2.75) is 0 Å². The Kier molecular flexibility index (Phi) is 6.30. The van der Waals surface area contributed by atoms with Crippen LogP contribution in [0.3, 0.4) is 0 Å². The third-order valence-corrected chi connectivity index (χ3v) is 3.98. The second kappa shape index (κ2) is 8.22. The molecule has 0 bridgehead atoms. The second-order valence-corrected chi connectivity index (χ2v) is 5.39. The molecule has 0 atom stereocenters. The molecule has 1 saturated heterocycles. The van der Waals surface area contributed by atoms with Crippen molar-refractivity contribution in [1.29, 1.82) is 0 Å². The zero-order chi connectivity index (χ0) is 15.9. The third-order valence-electron chi connectivity index (χ3n) is 3.20. The summed E-state index contributed by atoms with van der Waals surface area (Å²) in [7, 11) is 3.23. The smallest absolute Gasteiger partial charge is 0.154 e. The van der Waals surface area contributed by atoms with Gasteiger partial charge in [0.1, 0.15) is 16.0 Å². The summed E-state index contributed by atoms with van der Waals surface area (Å²) in [5, 5.41) is 1.87. The van der Waals surface area contributed by atoms with E-state index in [0.29, 0.717) is 30.5 Å². The number of hydrogen-bond acceptors (Lipinski definition) is 5. The van der Waals surface area contributed by atoms with E-state index in [-0.39, 0.29) is 0 Å². The molecule has 22 heavy (non-hydrogen) atoms. The van der Waals surface area contributed by atoms with Crippen molar-refractivity contribution in [2.24, 2.45) is 0 Å². The molecule has 0 aliphatic carbocycles. The van der Waals surface area contributed by atoms with Crippen molar-refractivity contribution >= 4 is 21.7 Å². The average molecular weight is 370 g/mol. The van der Waals surface area contributed by atoms with E-state index in [0.717, 1.165) is 23.1 Å². The third kappa shape index (κ3) is 4.03. The molecule has 1 aliphatic heterocycles. The maximum atomic E-state index is 5.97. The molecule has 1 aromatic carbocycles. The molecule has 5 nitrogen and oxygen atoms in total. The lowest BCUT2D eigenvalue weighted by atomic mass is 10.1. The molecule has 1 fully saturated rings. The van der Waals surface area contributed by atoms with E-state index in [9.17, 15) is 0 Å². The van der Waals surface area contributed by atoms with Gasteiger partial charge in [-0.25, -0.2) is 0 Å². The van der Waals surface area contributed by atoms with E-state index in [2.05, 4.69) is 22.5 Å². The first-order valence-corrected chi connectivity index (χ1v) is 7.74. The van der Waals surface area contributed by atoms with Crippen molar-refractivity contribution in [1.82, 2.24) is 5.06 Å². The van der Waals surface area contributed by atoms with E-state index in [4.69, 9.17) is 19.0 Å². The quantitative estimate of drug-likeness (QED) is 0.568. The first-order chi connectivity index (χ1) is 10.7. The van der Waals surface area contributed by atoms with E-state index < -0.39 is 0 Å². The highest BCUT2D eigenvalue weighted by atomic mass is 79.9. The highest BCUT2D eigenvalue weighted by molar-refractivity contribution is 9.10. The summed E-state index contributed by atoms with van der Waals surface area (Å²) in [5.74, 6) is 2.03. The lowest BCUT2D eigenvalue weighted by molar-refractivity contribution is -0.139. The van der Waals surface area contributed by atoms with Crippen LogP contribution >= 0.6 is 15.9 Å². The fraction of sp³-hybridized carbons (Fsp3) is 0.375. The number of hydrogen-bond donors (Lipinski definition) is 0. The number of benzene rings is 1. The number of rotatable bonds is 6. The Bertz CT molecular complexity index is 528. The van der Waals surface area contributed by atoms with E-state index in [1.54, 1.807) is 20.3 Å². The van der Waals surface area contributed by atoms with Gasteiger partial charge in [0.15, 0.2) is 5.76 Å². The predicted octanol–water partition coefficient (Wildman–Crippen LogP) is 3.26. The van der Waals surface area contributed by atoms with Crippen LogP contribution in [0.15, 0.2) is 35.3 Å². The molecule has 120 valence electrons. The first kappa shape index (κ1) is 16.9. The summed E-state index contributed by atoms with van der Waals surface area (Å²) in [6, 6.07) is 3.78. The van der Waals surface area contributed by atoms with Crippen LogP contribution in [-0.4, -0.2) is 45.6 Å². The molecule has 1 aromatic rings. The highest BCUT2D eigenvalue weighted by Gasteiger charge is 2.17. The first-order valence-electron chi connectivity index (χ1n) is 6.95. The van der Waals surface area contributed by atoms with Gasteiger partial charge in [-0.2, -0.15) is 0 Å². The minimum absolute atomic E-state index is 0.661. The standard InChI is InChI=1S/C16H20BrNO4/c1-4-5-13(22-18-6-8-21-9-7-18)12-10-14(19-2)16(17)15(11-12)20-3/h4-5,10-11H,1,6-9H2,2-3H3/b13-5-. The molecule has 2 rings (SSSR count). The number of morpholine rings is 1. The minimum atomic E-state index is 0.661. The SMILES string of the molecule is C=C/C=C(\ON1CCOCC1)c1cc(OC)c(Br)c(OC)c1. The Hall–Kier alpha value is -1.50. The minimum Gasteiger partial charge on any atom is -0.495 e. The van der Waals surface area contributed by atoms with Gasteiger partial charge in [-0.3, -0.25) is 0 Å². The Morgan fingerprint density at radius 2 is 1.82 bits per heavy atom. The maximum absolute atomic E-state index is 5.97. The molecule has 0 N–H and O–H groups in total. The van der Waals surface area contributed by atoms with Gasteiger partial charge in [0.2, 0.25) is 0 Å². The fourth-order valence-corrected chi connectivity index (χ4v) is 2.63. The Morgan fingerprint density at radius 1 is 1.23 bits per heavy atom. The van der Waals surface area contributed by atoms with Gasteiger partial charge in [-0.1, -0.05) is 12.7 Å². The van der Waals surface area contributed by atoms with E-state index in [1.165, 1.54) is 0 Å². The maximum Gasteiger partial charge on any atom is 0.154 e. The number of allylic oxidation sites excluding steroid dienone is 2. The molecule has 6 heteroatoms. The van der Waals surface area contributed by atoms with Gasteiger partial charge >= 0.3 is 0 Å². The molecule has 0 saturated carbocycles. The molecule has 1 aliphatic rings. The zero-order valence-electron chi connectivity index (χ0n) is 12.8. The topological polar surface area (TPSA) is 40.2 Å². The van der Waals surface area contributed by atoms with Crippen molar-refractivity contribution in [3.8, 4) is 11.5 Å². The number of ether oxygens (including phenoxy) is 3. The number of hydroxylamine groups is 2. The number of nitrogens with zero attached hydrogens (tertiary/aromatic N) is 1. The van der Waals surface area contributed by atoms with Crippen LogP contribution in [-0.2, 0) is 9.57 Å². The largest absolute Gasteiger partial charge is 0.495 e. The van der Waals surface area contributed by atoms with Gasteiger partial charge in [0.05, 0.1) is 40.5 Å². The summed E-state index contributed by atoms with van der Waals surface area (Å²) < 4.78 is 16.9. The molecule has 0 spiro atoms. The molecular weight excluding hydrogens is 350 g/mol. The van der Waals surface area contributed by atoms with Crippen LogP contribution in [0.2, 0.25) is 0 Å². The van der Waals surface area contributed by atoms with Crippen LogP contribution in [0.5, 0.6) is 11.5 Å². The molecule has 1 heterocycles. The van der Waals surface area contributed by atoms with Crippen molar-refractivity contribution in [3.05, 3.63) is 40.9 Å². The van der Waals surface area contributed by atoms with Crippen LogP contribution in [0, 0.1) is 0 Å². The lowest BCUT2D eigenvalue weighted by Crippen LogP contribution is -2.35. The average Bonchev–Trinajstić information content (AvgIpc) is 2.55. The summed E-state index contributed by atoms with van der Waals surface area (Å²) in [6.07, 6.45) is 3.51. The Morgan fingerprint density at radius 3 is 2.32 bits per heavy atom. The second-order valence-electron chi connectivity index (χ2n) is 4.59. The summed E-state index contributed by atoms with van der Waals surface area (Å²) in [4.78, 5) is 5.97. The summed E-state index contributed by atoms with van der Waals surface area (Å²) in [5.41, 5.74) is 0.850.